The molecule has 0 saturated carbocycles. The van der Waals surface area contributed by atoms with Crippen LogP contribution in [0.5, 0.6) is 0 Å². The number of benzene rings is 2. The van der Waals surface area contributed by atoms with Gasteiger partial charge in [-0.05, 0) is 47.9 Å². The molecule has 2 aromatic rings. The van der Waals surface area contributed by atoms with E-state index in [1.165, 1.54) is 11.1 Å². The van der Waals surface area contributed by atoms with Crippen LogP contribution in [0.25, 0.3) is 6.08 Å². The number of rotatable bonds is 4. The van der Waals surface area contributed by atoms with E-state index in [0.29, 0.717) is 0 Å². The fourth-order valence-corrected chi connectivity index (χ4v) is 2.89. The summed E-state index contributed by atoms with van der Waals surface area (Å²) in [6.07, 6.45) is 4.58. The lowest BCUT2D eigenvalue weighted by molar-refractivity contribution is -0.111. The summed E-state index contributed by atoms with van der Waals surface area (Å²) in [5.74, 6) is -0.107. The van der Waals surface area contributed by atoms with Gasteiger partial charge in [-0.15, -0.1) is 0 Å². The van der Waals surface area contributed by atoms with Gasteiger partial charge in [-0.3, -0.25) is 9.69 Å². The topological polar surface area (TPSA) is 32.3 Å². The molecule has 0 unspecified atom stereocenters. The molecule has 2 aromatic carbocycles. The fraction of sp³-hybridized carbons (Fsp3) is 0.250. The van der Waals surface area contributed by atoms with Gasteiger partial charge in [-0.25, -0.2) is 0 Å². The predicted octanol–water partition coefficient (Wildman–Crippen LogP) is 3.72. The standard InChI is InChI=1S/C20H22N2O/c1-2-22-13-12-17-10-8-16(14-18(17)15-22)9-11-20(23)21-19-6-4-3-5-7-19/h3-11,14H,2,12-13,15H2,1H3,(H,21,23). The fourth-order valence-electron chi connectivity index (χ4n) is 2.89. The molecule has 118 valence electrons. The van der Waals surface area contributed by atoms with Crippen LogP contribution in [0.15, 0.2) is 54.6 Å². The molecule has 1 aliphatic heterocycles. The molecule has 0 aliphatic carbocycles. The Kier molecular flexibility index (Phi) is 4.89. The maximum atomic E-state index is 12.0. The van der Waals surface area contributed by atoms with E-state index < -0.39 is 0 Å². The van der Waals surface area contributed by atoms with Crippen molar-refractivity contribution in [2.45, 2.75) is 19.9 Å². The van der Waals surface area contributed by atoms with Crippen molar-refractivity contribution in [3.63, 3.8) is 0 Å². The highest BCUT2D eigenvalue weighted by molar-refractivity contribution is 6.01. The number of para-hydroxylation sites is 1. The second kappa shape index (κ2) is 7.25. The molecule has 0 fully saturated rings. The predicted molar refractivity (Wildman–Crippen MR) is 95.2 cm³/mol. The third-order valence-electron chi connectivity index (χ3n) is 4.24. The normalized spacial score (nSPS) is 14.7. The zero-order valence-electron chi connectivity index (χ0n) is 13.5. The first kappa shape index (κ1) is 15.5. The van der Waals surface area contributed by atoms with Crippen molar-refractivity contribution in [3.8, 4) is 0 Å². The monoisotopic (exact) mass is 306 g/mol. The summed E-state index contributed by atoms with van der Waals surface area (Å²) in [4.78, 5) is 14.4. The van der Waals surface area contributed by atoms with Gasteiger partial charge in [-0.2, -0.15) is 0 Å². The third kappa shape index (κ3) is 4.08. The number of carbonyl (C=O) groups is 1. The van der Waals surface area contributed by atoms with Crippen molar-refractivity contribution in [1.29, 1.82) is 0 Å². The molecule has 0 radical (unpaired) electrons. The Bertz CT molecular complexity index is 707. The van der Waals surface area contributed by atoms with Crippen LogP contribution in [0.2, 0.25) is 0 Å². The first-order valence-electron chi connectivity index (χ1n) is 8.13. The zero-order chi connectivity index (χ0) is 16.1. The van der Waals surface area contributed by atoms with Crippen LogP contribution in [0.1, 0.15) is 23.6 Å². The van der Waals surface area contributed by atoms with E-state index >= 15 is 0 Å². The molecule has 23 heavy (non-hydrogen) atoms. The van der Waals surface area contributed by atoms with E-state index in [-0.39, 0.29) is 5.91 Å². The number of nitrogens with one attached hydrogen (secondary N) is 1. The van der Waals surface area contributed by atoms with Crippen LogP contribution in [0, 0.1) is 0 Å². The molecule has 0 bridgehead atoms. The average Bonchev–Trinajstić information content (AvgIpc) is 2.60. The number of carbonyl (C=O) groups excluding carboxylic acids is 1. The average molecular weight is 306 g/mol. The Balaban J connectivity index is 1.67. The largest absolute Gasteiger partial charge is 0.323 e. The Hall–Kier alpha value is -2.39. The van der Waals surface area contributed by atoms with E-state index in [9.17, 15) is 4.79 Å². The summed E-state index contributed by atoms with van der Waals surface area (Å²) in [5, 5.41) is 2.86. The van der Waals surface area contributed by atoms with Crippen molar-refractivity contribution < 1.29 is 4.79 Å². The van der Waals surface area contributed by atoms with Crippen molar-refractivity contribution in [2.24, 2.45) is 0 Å². The summed E-state index contributed by atoms with van der Waals surface area (Å²) in [7, 11) is 0. The van der Waals surface area contributed by atoms with Crippen LogP contribution < -0.4 is 5.32 Å². The van der Waals surface area contributed by atoms with E-state index in [0.717, 1.165) is 37.3 Å². The van der Waals surface area contributed by atoms with E-state index in [2.05, 4.69) is 35.3 Å². The first-order valence-corrected chi connectivity index (χ1v) is 8.13. The van der Waals surface area contributed by atoms with Crippen LogP contribution in [0.3, 0.4) is 0 Å². The molecular weight excluding hydrogens is 284 g/mol. The Morgan fingerprint density at radius 2 is 2.00 bits per heavy atom. The van der Waals surface area contributed by atoms with Crippen LogP contribution in [0.4, 0.5) is 5.69 Å². The molecule has 1 amide bonds. The first-order chi connectivity index (χ1) is 11.2. The van der Waals surface area contributed by atoms with Gasteiger partial charge in [0.1, 0.15) is 0 Å². The summed E-state index contributed by atoms with van der Waals surface area (Å²) in [6.45, 7) is 5.42. The van der Waals surface area contributed by atoms with Crippen molar-refractivity contribution in [3.05, 3.63) is 71.3 Å². The summed E-state index contributed by atoms with van der Waals surface area (Å²) in [6, 6.07) is 16.0. The molecule has 1 aliphatic rings. The molecule has 3 nitrogen and oxygen atoms in total. The minimum atomic E-state index is -0.107. The molecule has 0 aromatic heterocycles. The minimum Gasteiger partial charge on any atom is -0.323 e. The van der Waals surface area contributed by atoms with Crippen molar-refractivity contribution >= 4 is 17.7 Å². The molecule has 1 N–H and O–H groups in total. The second-order valence-electron chi connectivity index (χ2n) is 5.84. The number of hydrogen-bond acceptors (Lipinski definition) is 2. The van der Waals surface area contributed by atoms with E-state index in [1.807, 2.05) is 36.4 Å². The highest BCUT2D eigenvalue weighted by atomic mass is 16.1. The van der Waals surface area contributed by atoms with Crippen LogP contribution >= 0.6 is 0 Å². The molecule has 0 atom stereocenters. The second-order valence-corrected chi connectivity index (χ2v) is 5.84. The third-order valence-corrected chi connectivity index (χ3v) is 4.24. The summed E-state index contributed by atoms with van der Waals surface area (Å²) < 4.78 is 0. The van der Waals surface area contributed by atoms with Crippen molar-refractivity contribution in [1.82, 2.24) is 4.90 Å². The number of anilines is 1. The lowest BCUT2D eigenvalue weighted by Gasteiger charge is -2.27. The lowest BCUT2D eigenvalue weighted by atomic mass is 9.97. The van der Waals surface area contributed by atoms with Gasteiger partial charge in [0.2, 0.25) is 5.91 Å². The number of hydrogen-bond donors (Lipinski definition) is 1. The Labute approximate surface area is 137 Å². The molecule has 3 rings (SSSR count). The zero-order valence-corrected chi connectivity index (χ0v) is 13.5. The van der Waals surface area contributed by atoms with Gasteiger partial charge in [0.25, 0.3) is 0 Å². The lowest BCUT2D eigenvalue weighted by Crippen LogP contribution is -2.30. The highest BCUT2D eigenvalue weighted by Gasteiger charge is 2.14. The van der Waals surface area contributed by atoms with Crippen LogP contribution in [-0.2, 0) is 17.8 Å². The molecule has 3 heteroatoms. The van der Waals surface area contributed by atoms with Gasteiger partial charge >= 0.3 is 0 Å². The Morgan fingerprint density at radius 1 is 1.17 bits per heavy atom. The highest BCUT2D eigenvalue weighted by Crippen LogP contribution is 2.20. The van der Waals surface area contributed by atoms with E-state index in [4.69, 9.17) is 0 Å². The number of likely N-dealkylation sites (N-methyl/N-ethyl adjacent to an activating group) is 1. The van der Waals surface area contributed by atoms with Gasteiger partial charge in [0, 0.05) is 24.9 Å². The van der Waals surface area contributed by atoms with Crippen molar-refractivity contribution in [2.75, 3.05) is 18.4 Å². The number of amides is 1. The van der Waals surface area contributed by atoms with Gasteiger partial charge in [-0.1, -0.05) is 43.3 Å². The maximum absolute atomic E-state index is 12.0. The minimum absolute atomic E-state index is 0.107. The SMILES string of the molecule is CCN1CCc2ccc(C=CC(=O)Nc3ccccc3)cc2C1. The van der Waals surface area contributed by atoms with Gasteiger partial charge in [0.15, 0.2) is 0 Å². The molecule has 1 heterocycles. The summed E-state index contributed by atoms with van der Waals surface area (Å²) in [5.41, 5.74) is 4.69. The summed E-state index contributed by atoms with van der Waals surface area (Å²) >= 11 is 0. The van der Waals surface area contributed by atoms with Crippen LogP contribution in [-0.4, -0.2) is 23.9 Å². The van der Waals surface area contributed by atoms with Gasteiger partial charge < -0.3 is 5.32 Å². The smallest absolute Gasteiger partial charge is 0.248 e. The van der Waals surface area contributed by atoms with Gasteiger partial charge in [0.05, 0.1) is 0 Å². The maximum Gasteiger partial charge on any atom is 0.248 e. The molecular formula is C20H22N2O. The molecule has 0 spiro atoms. The number of nitrogens with zero attached hydrogens (tertiary/aromatic N) is 1. The van der Waals surface area contributed by atoms with E-state index in [1.54, 1.807) is 6.08 Å². The Morgan fingerprint density at radius 3 is 2.78 bits per heavy atom. The quantitative estimate of drug-likeness (QED) is 0.873. The molecule has 0 saturated heterocycles. The number of fused-ring (bicyclic) bond motifs is 1.